The Morgan fingerprint density at radius 1 is 0.600 bits per heavy atom. The summed E-state index contributed by atoms with van der Waals surface area (Å²) in [5.74, 6) is 0. The van der Waals surface area contributed by atoms with E-state index < -0.39 is 0 Å². The largest absolute Gasteiger partial charge is 0.412 e. The van der Waals surface area contributed by atoms with E-state index in [0.29, 0.717) is 0 Å². The predicted octanol–water partition coefficient (Wildman–Crippen LogP) is -2.48. The Kier molecular flexibility index (Phi) is 3030. The van der Waals surface area contributed by atoms with Gasteiger partial charge >= 0.3 is 0 Å². The molecule has 0 aliphatic carbocycles. The molecule has 3 nitrogen and oxygen atoms in total. The fraction of sp³-hybridized carbons (Fsp3) is 0. The van der Waals surface area contributed by atoms with Gasteiger partial charge in [0, 0.05) is 34.1 Å². The van der Waals surface area contributed by atoms with Crippen molar-refractivity contribution in [2.75, 3.05) is 0 Å². The first-order valence-corrected chi connectivity index (χ1v) is 0. The maximum atomic E-state index is 0. The first kappa shape index (κ1) is 170. The zero-order valence-corrected chi connectivity index (χ0v) is 4.52. The molecular weight excluding hydrogens is 159 g/mol. The van der Waals surface area contributed by atoms with Crippen molar-refractivity contribution in [3.05, 3.63) is 0 Å². The molecule has 0 aromatic carbocycles. The van der Waals surface area contributed by atoms with E-state index in [4.69, 9.17) is 0 Å². The van der Waals surface area contributed by atoms with Gasteiger partial charge < -0.3 is 16.4 Å². The fourth-order valence-electron chi connectivity index (χ4n) is 0. The van der Waals surface area contributed by atoms with Gasteiger partial charge in [0.25, 0.3) is 0 Å². The molecule has 0 aromatic heterocycles. The molecule has 5 heteroatoms. The monoisotopic (exact) mass is 165 g/mol. The minimum absolute atomic E-state index is 0. The predicted molar refractivity (Wildman–Crippen MR) is 10.8 cm³/mol. The van der Waals surface area contributed by atoms with Gasteiger partial charge in [-0.2, -0.15) is 0 Å². The summed E-state index contributed by atoms with van der Waals surface area (Å²) in [5, 5.41) is 0. The third-order valence-corrected chi connectivity index (χ3v) is 0. The molecule has 1 radical (unpaired) electrons. The van der Waals surface area contributed by atoms with Gasteiger partial charge in [0.2, 0.25) is 0 Å². The van der Waals surface area contributed by atoms with Crippen molar-refractivity contribution < 1.29 is 50.6 Å². The van der Waals surface area contributed by atoms with Gasteiger partial charge in [-0.05, 0) is 0 Å². The van der Waals surface area contributed by atoms with Crippen LogP contribution in [0.3, 0.4) is 0 Å². The van der Waals surface area contributed by atoms with Crippen molar-refractivity contribution >= 4 is 0 Å². The standard InChI is InChI=1S/Fe.Mn.3H2O/h;;3*1H2. The second-order valence-corrected chi connectivity index (χ2v) is 0. The average molecular weight is 165 g/mol. The van der Waals surface area contributed by atoms with Gasteiger partial charge in [-0.15, -0.1) is 0 Å². The molecule has 0 aromatic rings. The molecule has 0 bridgehead atoms. The van der Waals surface area contributed by atoms with E-state index in [2.05, 4.69) is 0 Å². The smallest absolute Gasteiger partial charge is 0 e. The van der Waals surface area contributed by atoms with Crippen LogP contribution in [0.25, 0.3) is 0 Å². The second-order valence-electron chi connectivity index (χ2n) is 0. The van der Waals surface area contributed by atoms with Crippen molar-refractivity contribution in [2.45, 2.75) is 0 Å². The van der Waals surface area contributed by atoms with E-state index in [0.717, 1.165) is 0 Å². The number of rotatable bonds is 0. The van der Waals surface area contributed by atoms with Crippen LogP contribution in [0.5, 0.6) is 0 Å². The minimum Gasteiger partial charge on any atom is -0.412 e. The Labute approximate surface area is 51.0 Å². The van der Waals surface area contributed by atoms with E-state index in [1.54, 1.807) is 0 Å². The van der Waals surface area contributed by atoms with E-state index in [9.17, 15) is 0 Å². The molecule has 0 saturated carbocycles. The number of hydrogen-bond donors (Lipinski definition) is 0. The third kappa shape index (κ3) is 49.6. The summed E-state index contributed by atoms with van der Waals surface area (Å²) in [6.45, 7) is 0. The van der Waals surface area contributed by atoms with Crippen LogP contribution < -0.4 is 0 Å². The summed E-state index contributed by atoms with van der Waals surface area (Å²) in [5.41, 5.74) is 0. The summed E-state index contributed by atoms with van der Waals surface area (Å²) in [6, 6.07) is 0. The quantitative estimate of drug-likeness (QED) is 0.355. The molecular formula is H6FeMnO3. The Hall–Kier alpha value is 0.919. The molecule has 6 N–H and O–H groups in total. The Balaban J connectivity index is 0. The molecule has 0 fully saturated rings. The zero-order chi connectivity index (χ0) is 0. The Morgan fingerprint density at radius 3 is 0.600 bits per heavy atom. The van der Waals surface area contributed by atoms with Gasteiger partial charge in [0.15, 0.2) is 0 Å². The van der Waals surface area contributed by atoms with Gasteiger partial charge in [-0.25, -0.2) is 0 Å². The normalized spacial score (nSPS) is 0. The molecule has 0 atom stereocenters. The van der Waals surface area contributed by atoms with Crippen LogP contribution in [0.2, 0.25) is 0 Å². The second kappa shape index (κ2) is 89.5. The molecule has 0 saturated heterocycles. The first-order chi connectivity index (χ1) is 0. The summed E-state index contributed by atoms with van der Waals surface area (Å²) < 4.78 is 0. The Morgan fingerprint density at radius 2 is 0.600 bits per heavy atom. The van der Waals surface area contributed by atoms with E-state index in [-0.39, 0.29) is 50.6 Å². The zero-order valence-electron chi connectivity index (χ0n) is 2.23. The summed E-state index contributed by atoms with van der Waals surface area (Å²) in [4.78, 5) is 0. The molecule has 0 unspecified atom stereocenters. The van der Waals surface area contributed by atoms with Crippen molar-refractivity contribution in [1.29, 1.82) is 0 Å². The maximum absolute atomic E-state index is 0. The number of hydrogen-bond acceptors (Lipinski definition) is 0. The van der Waals surface area contributed by atoms with Crippen LogP contribution in [0, 0.1) is 0 Å². The van der Waals surface area contributed by atoms with Crippen LogP contribution in [0.15, 0.2) is 0 Å². The van der Waals surface area contributed by atoms with Crippen molar-refractivity contribution in [3.63, 3.8) is 0 Å². The van der Waals surface area contributed by atoms with Crippen LogP contribution in [0.1, 0.15) is 0 Å². The third-order valence-electron chi connectivity index (χ3n) is 0. The Bertz CT molecular complexity index is 6.85. The molecule has 0 aliphatic rings. The topological polar surface area (TPSA) is 94.5 Å². The molecule has 0 amide bonds. The van der Waals surface area contributed by atoms with Crippen LogP contribution in [-0.4, -0.2) is 16.4 Å². The van der Waals surface area contributed by atoms with Gasteiger partial charge in [-0.1, -0.05) is 0 Å². The molecule has 5 heavy (non-hydrogen) atoms. The first-order valence-electron chi connectivity index (χ1n) is 0. The van der Waals surface area contributed by atoms with E-state index in [1.165, 1.54) is 0 Å². The van der Waals surface area contributed by atoms with Crippen LogP contribution in [0.4, 0.5) is 0 Å². The van der Waals surface area contributed by atoms with Crippen molar-refractivity contribution in [2.24, 2.45) is 0 Å². The van der Waals surface area contributed by atoms with E-state index >= 15 is 0 Å². The molecule has 39 valence electrons. The SMILES string of the molecule is O.O.O.[Fe].[Mn]. The summed E-state index contributed by atoms with van der Waals surface area (Å²) >= 11 is 0. The van der Waals surface area contributed by atoms with Crippen LogP contribution >= 0.6 is 0 Å². The average Bonchev–Trinajstić information content (AvgIpc) is 0. The van der Waals surface area contributed by atoms with Crippen molar-refractivity contribution in [3.8, 4) is 0 Å². The minimum atomic E-state index is 0. The van der Waals surface area contributed by atoms with Crippen LogP contribution in [-0.2, 0) is 34.1 Å². The van der Waals surface area contributed by atoms with Gasteiger partial charge in [0.05, 0.1) is 0 Å². The maximum Gasteiger partial charge on any atom is 0 e. The summed E-state index contributed by atoms with van der Waals surface area (Å²) in [6.07, 6.45) is 0. The molecule has 0 spiro atoms. The fourth-order valence-corrected chi connectivity index (χ4v) is 0. The summed E-state index contributed by atoms with van der Waals surface area (Å²) in [7, 11) is 0. The van der Waals surface area contributed by atoms with Gasteiger partial charge in [-0.3, -0.25) is 0 Å². The van der Waals surface area contributed by atoms with E-state index in [1.807, 2.05) is 0 Å². The van der Waals surface area contributed by atoms with Gasteiger partial charge in [0.1, 0.15) is 0 Å². The molecule has 0 heterocycles. The van der Waals surface area contributed by atoms with Crippen molar-refractivity contribution in [1.82, 2.24) is 0 Å². The molecule has 0 aliphatic heterocycles. The molecule has 0 rings (SSSR count).